The van der Waals surface area contributed by atoms with Crippen LogP contribution in [-0.2, 0) is 38.1 Å². The van der Waals surface area contributed by atoms with Crippen LogP contribution in [0.15, 0.2) is 97.1 Å². The summed E-state index contributed by atoms with van der Waals surface area (Å²) in [5.74, 6) is 0. The molecule has 0 spiro atoms. The first-order chi connectivity index (χ1) is 24.1. The van der Waals surface area contributed by atoms with Crippen molar-refractivity contribution in [1.29, 1.82) is 0 Å². The Balaban J connectivity index is 0.000000228. The molecule has 6 rings (SSSR count). The summed E-state index contributed by atoms with van der Waals surface area (Å²) in [6.45, 7) is 26.8. The Labute approximate surface area is 331 Å². The minimum atomic E-state index is -0.826. The molecular weight excluding hydrogens is 755 g/mol. The first-order valence-electron chi connectivity index (χ1n) is 18.3. The van der Waals surface area contributed by atoms with E-state index in [9.17, 15) is 0 Å². The van der Waals surface area contributed by atoms with Gasteiger partial charge in [-0.2, -0.15) is 12.1 Å². The summed E-state index contributed by atoms with van der Waals surface area (Å²) in [6, 6.07) is 39.1. The van der Waals surface area contributed by atoms with E-state index in [1.54, 1.807) is 0 Å². The van der Waals surface area contributed by atoms with E-state index in [0.29, 0.717) is 0 Å². The normalized spacial score (nSPS) is 11.2. The van der Waals surface area contributed by atoms with Crippen molar-refractivity contribution in [3.05, 3.63) is 130 Å². The van der Waals surface area contributed by atoms with Crippen LogP contribution in [-0.4, -0.2) is 9.52 Å². The SMILES string of the molecule is CC[Si]CC.CCc1cc2c(-c3ccc(C(C)(C)C)cc3)ccc(C)c2[cH-]1.Cc1cc2c(-c3ccc(C(C)(C)C)cc3)ccc(C)c2[cH-]1.[Cl][Zr+2][Cl]. The van der Waals surface area contributed by atoms with Crippen LogP contribution in [0.3, 0.4) is 0 Å². The molecule has 0 saturated carbocycles. The van der Waals surface area contributed by atoms with Crippen LogP contribution in [0.4, 0.5) is 0 Å². The number of rotatable bonds is 5. The second-order valence-corrected chi connectivity index (χ2v) is 21.1. The molecule has 51 heavy (non-hydrogen) atoms. The fourth-order valence-corrected chi connectivity index (χ4v) is 6.85. The third kappa shape index (κ3) is 11.9. The van der Waals surface area contributed by atoms with E-state index in [0.717, 1.165) is 6.42 Å². The maximum absolute atomic E-state index is 4.93. The summed E-state index contributed by atoms with van der Waals surface area (Å²) in [6.07, 6.45) is 1.09. The van der Waals surface area contributed by atoms with E-state index in [-0.39, 0.29) is 10.8 Å². The van der Waals surface area contributed by atoms with Gasteiger partial charge in [0.1, 0.15) is 0 Å². The molecule has 0 heterocycles. The van der Waals surface area contributed by atoms with Crippen LogP contribution < -0.4 is 0 Å². The third-order valence-corrected chi connectivity index (χ3v) is 10.4. The van der Waals surface area contributed by atoms with E-state index in [4.69, 9.17) is 17.0 Å². The molecule has 0 aliphatic carbocycles. The van der Waals surface area contributed by atoms with Gasteiger partial charge in [-0.25, -0.2) is 0 Å². The van der Waals surface area contributed by atoms with Crippen molar-refractivity contribution < 1.29 is 20.8 Å². The predicted octanol–water partition coefficient (Wildman–Crippen LogP) is 15.5. The zero-order valence-corrected chi connectivity index (χ0v) is 38.1. The van der Waals surface area contributed by atoms with E-state index in [1.165, 1.54) is 98.8 Å². The van der Waals surface area contributed by atoms with Gasteiger partial charge < -0.3 is 0 Å². The number of hydrogen-bond acceptors (Lipinski definition) is 0. The standard InChI is InChI=1S/C22H25.C21H23.C4H10Si.2ClH.Zr/c1-6-16-13-20-15(2)7-12-19(21(20)14-16)17-8-10-18(11-9-17)22(3,4)5;1-14-12-19-15(2)6-11-18(20(19)13-14)16-7-9-17(10-8-16)21(3,4)5;1-3-5-4-2;;;/h7-14H,6H2,1-5H3;6-13H,1-5H3;3-4H2,1-2H3;2*1H;/q2*-1;;;;+4/p-2. The Morgan fingerprint density at radius 2 is 0.961 bits per heavy atom. The number of aryl methyl sites for hydroxylation is 4. The molecule has 0 aliphatic rings. The molecule has 0 nitrogen and oxygen atoms in total. The molecule has 0 aliphatic heterocycles. The van der Waals surface area contributed by atoms with Crippen LogP contribution in [0.1, 0.15) is 95.7 Å². The van der Waals surface area contributed by atoms with Gasteiger partial charge in [0.2, 0.25) is 0 Å². The zero-order chi connectivity index (χ0) is 37.9. The van der Waals surface area contributed by atoms with Gasteiger partial charge in [-0.1, -0.05) is 167 Å². The Bertz CT molecular complexity index is 1940. The minimum absolute atomic E-state index is 0.205. The molecule has 4 heteroatoms. The summed E-state index contributed by atoms with van der Waals surface area (Å²) >= 11 is -0.826. The summed E-state index contributed by atoms with van der Waals surface area (Å²) in [5.41, 5.74) is 14.0. The Morgan fingerprint density at radius 3 is 1.31 bits per heavy atom. The van der Waals surface area contributed by atoms with Crippen LogP contribution >= 0.6 is 17.0 Å². The fourth-order valence-electron chi connectivity index (χ4n) is 6.35. The summed E-state index contributed by atoms with van der Waals surface area (Å²) in [4.78, 5) is 0. The van der Waals surface area contributed by atoms with Crippen molar-refractivity contribution in [3.8, 4) is 22.3 Å². The molecule has 0 aromatic heterocycles. The van der Waals surface area contributed by atoms with Gasteiger partial charge >= 0.3 is 37.9 Å². The van der Waals surface area contributed by atoms with Crippen LogP contribution in [0.5, 0.6) is 0 Å². The number of benzene rings is 4. The van der Waals surface area contributed by atoms with Crippen molar-refractivity contribution in [3.63, 3.8) is 0 Å². The van der Waals surface area contributed by atoms with Crippen molar-refractivity contribution in [1.82, 2.24) is 0 Å². The average molecular weight is 813 g/mol. The first kappa shape index (κ1) is 43.2. The quantitative estimate of drug-likeness (QED) is 0.120. The molecule has 268 valence electrons. The molecule has 0 N–H and O–H groups in total. The van der Waals surface area contributed by atoms with Gasteiger partial charge in [0, 0.05) is 9.52 Å². The van der Waals surface area contributed by atoms with E-state index < -0.39 is 20.8 Å². The van der Waals surface area contributed by atoms with Gasteiger partial charge in [-0.3, -0.25) is 0 Å². The summed E-state index contributed by atoms with van der Waals surface area (Å²) in [5, 5.41) is 5.54. The Kier molecular flexibility index (Phi) is 16.7. The van der Waals surface area contributed by atoms with E-state index in [1.807, 2.05) is 0 Å². The zero-order valence-electron chi connectivity index (χ0n) is 33.1. The fraction of sp³-hybridized carbons (Fsp3) is 0.362. The van der Waals surface area contributed by atoms with E-state index >= 15 is 0 Å². The summed E-state index contributed by atoms with van der Waals surface area (Å²) in [7, 11) is 11.1. The molecular formula is C47H58Cl2SiZr. The predicted molar refractivity (Wildman–Crippen MR) is 229 cm³/mol. The van der Waals surface area contributed by atoms with Gasteiger partial charge in [0.05, 0.1) is 0 Å². The van der Waals surface area contributed by atoms with E-state index in [2.05, 4.69) is 180 Å². The Morgan fingerprint density at radius 1 is 0.569 bits per heavy atom. The molecule has 0 atom stereocenters. The second-order valence-electron chi connectivity index (χ2n) is 15.4. The number of hydrogen-bond donors (Lipinski definition) is 0. The molecule has 2 radical (unpaired) electrons. The van der Waals surface area contributed by atoms with Crippen LogP contribution in [0.2, 0.25) is 12.1 Å². The number of halogens is 2. The molecule has 0 unspecified atom stereocenters. The van der Waals surface area contributed by atoms with Crippen LogP contribution in [0.25, 0.3) is 43.8 Å². The van der Waals surface area contributed by atoms with Gasteiger partial charge in [0.25, 0.3) is 0 Å². The topological polar surface area (TPSA) is 0 Å². The number of fused-ring (bicyclic) bond motifs is 2. The first-order valence-corrected chi connectivity index (χ1v) is 26.1. The molecule has 0 saturated heterocycles. The van der Waals surface area contributed by atoms with Gasteiger partial charge in [0.15, 0.2) is 0 Å². The average Bonchev–Trinajstić information content (AvgIpc) is 3.71. The molecule has 6 aromatic rings. The second kappa shape index (κ2) is 19.7. The van der Waals surface area contributed by atoms with Crippen molar-refractivity contribution in [2.24, 2.45) is 0 Å². The molecule has 0 fully saturated rings. The van der Waals surface area contributed by atoms with Gasteiger partial charge in [-0.05, 0) is 39.5 Å². The monoisotopic (exact) mass is 810 g/mol. The van der Waals surface area contributed by atoms with Crippen molar-refractivity contribution in [2.75, 3.05) is 0 Å². The van der Waals surface area contributed by atoms with Crippen molar-refractivity contribution in [2.45, 2.75) is 112 Å². The van der Waals surface area contributed by atoms with Crippen molar-refractivity contribution >= 4 is 48.1 Å². The third-order valence-electron chi connectivity index (χ3n) is 9.45. The molecule has 6 aromatic carbocycles. The van der Waals surface area contributed by atoms with Crippen LogP contribution in [0, 0.1) is 20.8 Å². The molecule has 0 bridgehead atoms. The Hall–Kier alpha value is -2.22. The summed E-state index contributed by atoms with van der Waals surface area (Å²) < 4.78 is 0. The molecule has 0 amide bonds. The maximum atomic E-state index is 4.93. The van der Waals surface area contributed by atoms with Gasteiger partial charge in [-0.15, -0.1) is 68.1 Å².